The van der Waals surface area contributed by atoms with Crippen LogP contribution >= 0.6 is 11.6 Å². The van der Waals surface area contributed by atoms with E-state index in [0.29, 0.717) is 5.02 Å². The third-order valence-corrected chi connectivity index (χ3v) is 4.49. The zero-order valence-corrected chi connectivity index (χ0v) is 15.4. The maximum absolute atomic E-state index is 12.7. The van der Waals surface area contributed by atoms with Gasteiger partial charge in [0.05, 0.1) is 13.2 Å². The van der Waals surface area contributed by atoms with Gasteiger partial charge in [0.2, 0.25) is 0 Å². The fourth-order valence-electron chi connectivity index (χ4n) is 2.78. The van der Waals surface area contributed by atoms with Crippen LogP contribution in [0.25, 0.3) is 11.2 Å². The highest BCUT2D eigenvalue weighted by atomic mass is 35.5. The second-order valence-corrected chi connectivity index (χ2v) is 6.16. The quantitative estimate of drug-likeness (QED) is 0.552. The molecular weight excluding hydrogens is 358 g/mol. The fourth-order valence-corrected chi connectivity index (χ4v) is 2.98. The average Bonchev–Trinajstić information content (AvgIpc) is 3.00. The van der Waals surface area contributed by atoms with E-state index >= 15 is 0 Å². The molecule has 0 aliphatic carbocycles. The van der Waals surface area contributed by atoms with E-state index in [9.17, 15) is 9.59 Å². The van der Waals surface area contributed by atoms with Gasteiger partial charge in [0, 0.05) is 19.1 Å². The standard InChI is InChI=1S/C17H18ClN5O3/c1-4-26-13(19)15-20-14-12(16(24)22(3)17(25)21(14)2)23(15)9-10-7-5-6-8-11(10)18/h5-8,19H,4,9H2,1-3H3. The third kappa shape index (κ3) is 2.82. The molecule has 8 nitrogen and oxygen atoms in total. The number of nitrogens with zero attached hydrogens (tertiary/aromatic N) is 4. The van der Waals surface area contributed by atoms with Crippen molar-refractivity contribution >= 4 is 28.7 Å². The van der Waals surface area contributed by atoms with Crippen molar-refractivity contribution < 1.29 is 4.74 Å². The summed E-state index contributed by atoms with van der Waals surface area (Å²) in [5.41, 5.74) is 0.200. The number of halogens is 1. The molecule has 0 spiro atoms. The van der Waals surface area contributed by atoms with Crippen LogP contribution in [-0.4, -0.2) is 31.2 Å². The topological polar surface area (TPSA) is 94.9 Å². The van der Waals surface area contributed by atoms with Crippen molar-refractivity contribution in [2.45, 2.75) is 13.5 Å². The van der Waals surface area contributed by atoms with Crippen molar-refractivity contribution in [3.05, 3.63) is 61.5 Å². The summed E-state index contributed by atoms with van der Waals surface area (Å²) in [5, 5.41) is 8.67. The third-order valence-electron chi connectivity index (χ3n) is 4.13. The van der Waals surface area contributed by atoms with Crippen molar-refractivity contribution in [1.82, 2.24) is 18.7 Å². The van der Waals surface area contributed by atoms with Gasteiger partial charge >= 0.3 is 5.69 Å². The summed E-state index contributed by atoms with van der Waals surface area (Å²) >= 11 is 6.26. The Morgan fingerprint density at radius 1 is 1.23 bits per heavy atom. The molecule has 3 rings (SSSR count). The number of nitrogens with one attached hydrogen (secondary N) is 1. The van der Waals surface area contributed by atoms with Crippen LogP contribution in [0.5, 0.6) is 0 Å². The first-order chi connectivity index (χ1) is 12.4. The van der Waals surface area contributed by atoms with Crippen molar-refractivity contribution in [1.29, 1.82) is 5.41 Å². The minimum absolute atomic E-state index is 0.167. The van der Waals surface area contributed by atoms with Gasteiger partial charge in [-0.15, -0.1) is 0 Å². The number of benzene rings is 1. The molecule has 1 N–H and O–H groups in total. The van der Waals surface area contributed by atoms with E-state index in [1.807, 2.05) is 18.2 Å². The van der Waals surface area contributed by atoms with E-state index in [1.165, 1.54) is 18.7 Å². The number of ether oxygens (including phenoxy) is 1. The Labute approximate surface area is 153 Å². The molecule has 3 aromatic rings. The summed E-state index contributed by atoms with van der Waals surface area (Å²) in [6.07, 6.45) is 0. The number of rotatable bonds is 4. The molecule has 9 heteroatoms. The Bertz CT molecular complexity index is 1130. The summed E-state index contributed by atoms with van der Waals surface area (Å²) in [7, 11) is 2.94. The minimum Gasteiger partial charge on any atom is -0.476 e. The van der Waals surface area contributed by atoms with E-state index in [1.54, 1.807) is 17.6 Å². The second kappa shape index (κ2) is 6.80. The predicted octanol–water partition coefficient (Wildman–Crippen LogP) is 1.50. The van der Waals surface area contributed by atoms with Gasteiger partial charge in [0.1, 0.15) is 0 Å². The van der Waals surface area contributed by atoms with Crippen molar-refractivity contribution in [3.63, 3.8) is 0 Å². The van der Waals surface area contributed by atoms with Crippen molar-refractivity contribution in [2.75, 3.05) is 6.61 Å². The molecule has 0 unspecified atom stereocenters. The highest BCUT2D eigenvalue weighted by molar-refractivity contribution is 6.31. The number of imidazole rings is 1. The van der Waals surface area contributed by atoms with Crippen LogP contribution in [0.15, 0.2) is 33.9 Å². The highest BCUT2D eigenvalue weighted by Gasteiger charge is 2.22. The van der Waals surface area contributed by atoms with E-state index in [2.05, 4.69) is 4.98 Å². The summed E-state index contributed by atoms with van der Waals surface area (Å²) in [5.74, 6) is -0.00896. The van der Waals surface area contributed by atoms with Gasteiger partial charge in [-0.25, -0.2) is 9.78 Å². The van der Waals surface area contributed by atoms with Crippen LogP contribution in [0.3, 0.4) is 0 Å². The Morgan fingerprint density at radius 3 is 2.58 bits per heavy atom. The first kappa shape index (κ1) is 17.9. The first-order valence-electron chi connectivity index (χ1n) is 7.98. The lowest BCUT2D eigenvalue weighted by molar-refractivity contribution is 0.322. The van der Waals surface area contributed by atoms with Crippen LogP contribution in [-0.2, 0) is 25.4 Å². The van der Waals surface area contributed by atoms with Gasteiger partial charge in [-0.3, -0.25) is 19.3 Å². The molecule has 0 saturated carbocycles. The molecule has 0 atom stereocenters. The molecule has 0 radical (unpaired) electrons. The Balaban J connectivity index is 2.35. The van der Waals surface area contributed by atoms with E-state index < -0.39 is 11.2 Å². The lowest BCUT2D eigenvalue weighted by atomic mass is 10.2. The molecule has 0 aliphatic heterocycles. The van der Waals surface area contributed by atoms with E-state index in [4.69, 9.17) is 21.7 Å². The first-order valence-corrected chi connectivity index (χ1v) is 8.36. The number of aryl methyl sites for hydroxylation is 1. The number of hydrogen-bond donors (Lipinski definition) is 1. The maximum atomic E-state index is 12.7. The molecule has 2 aromatic heterocycles. The lowest BCUT2D eigenvalue weighted by Gasteiger charge is -2.11. The summed E-state index contributed by atoms with van der Waals surface area (Å²) in [4.78, 5) is 29.3. The Hall–Kier alpha value is -2.87. The van der Waals surface area contributed by atoms with Crippen molar-refractivity contribution in [2.24, 2.45) is 14.1 Å². The van der Waals surface area contributed by atoms with Crippen molar-refractivity contribution in [3.8, 4) is 0 Å². The maximum Gasteiger partial charge on any atom is 0.332 e. The van der Waals surface area contributed by atoms with Crippen LogP contribution in [0.2, 0.25) is 5.02 Å². The second-order valence-electron chi connectivity index (χ2n) is 5.75. The molecule has 0 saturated heterocycles. The normalized spacial score (nSPS) is 11.1. The molecule has 26 heavy (non-hydrogen) atoms. The van der Waals surface area contributed by atoms with E-state index in [-0.39, 0.29) is 36.0 Å². The summed E-state index contributed by atoms with van der Waals surface area (Å²) in [6, 6.07) is 7.22. The monoisotopic (exact) mass is 375 g/mol. The predicted molar refractivity (Wildman–Crippen MR) is 99.2 cm³/mol. The minimum atomic E-state index is -0.488. The molecule has 0 bridgehead atoms. The number of fused-ring (bicyclic) bond motifs is 1. The summed E-state index contributed by atoms with van der Waals surface area (Å²) < 4.78 is 9.14. The van der Waals surface area contributed by atoms with E-state index in [0.717, 1.165) is 10.1 Å². The molecule has 0 aliphatic rings. The van der Waals surface area contributed by atoms with Gasteiger partial charge in [0.25, 0.3) is 11.5 Å². The Kier molecular flexibility index (Phi) is 4.69. The number of aromatic nitrogens is 4. The molecule has 0 amide bonds. The SMILES string of the molecule is CCOC(=N)c1nc2c(c(=O)n(C)c(=O)n2C)n1Cc1ccccc1Cl. The average molecular weight is 376 g/mol. The van der Waals surface area contributed by atoms with Crippen LogP contribution in [0.4, 0.5) is 0 Å². The van der Waals surface area contributed by atoms with Gasteiger partial charge in [-0.1, -0.05) is 29.8 Å². The van der Waals surface area contributed by atoms with Crippen LogP contribution in [0.1, 0.15) is 18.3 Å². The largest absolute Gasteiger partial charge is 0.476 e. The van der Waals surface area contributed by atoms with Gasteiger partial charge in [-0.05, 0) is 18.6 Å². The van der Waals surface area contributed by atoms with Gasteiger partial charge in [0.15, 0.2) is 17.0 Å². The highest BCUT2D eigenvalue weighted by Crippen LogP contribution is 2.20. The summed E-state index contributed by atoms with van der Waals surface area (Å²) in [6.45, 7) is 2.25. The number of hydrogen-bond acceptors (Lipinski definition) is 5. The van der Waals surface area contributed by atoms with Gasteiger partial charge in [-0.2, -0.15) is 0 Å². The molecule has 0 fully saturated rings. The fraction of sp³-hybridized carbons (Fsp3) is 0.294. The smallest absolute Gasteiger partial charge is 0.332 e. The van der Waals surface area contributed by atoms with Crippen LogP contribution in [0, 0.1) is 5.41 Å². The molecule has 136 valence electrons. The zero-order valence-electron chi connectivity index (χ0n) is 14.6. The molecule has 2 heterocycles. The lowest BCUT2D eigenvalue weighted by Crippen LogP contribution is -2.37. The van der Waals surface area contributed by atoms with Gasteiger partial charge < -0.3 is 9.30 Å². The molecule has 1 aromatic carbocycles. The molecular formula is C17H18ClN5O3. The van der Waals surface area contributed by atoms with Crippen LogP contribution < -0.4 is 11.2 Å². The Morgan fingerprint density at radius 2 is 1.92 bits per heavy atom. The zero-order chi connectivity index (χ0) is 19.0.